The third-order valence-corrected chi connectivity index (χ3v) is 2.72. The van der Waals surface area contributed by atoms with E-state index >= 15 is 0 Å². The largest absolute Gasteiger partial charge is 0.334 e. The molecule has 0 fully saturated rings. The average molecular weight is 265 g/mol. The summed E-state index contributed by atoms with van der Waals surface area (Å²) in [4.78, 5) is 11.6. The minimum absolute atomic E-state index is 0.311. The first-order valence-electron chi connectivity index (χ1n) is 5.43. The van der Waals surface area contributed by atoms with Crippen molar-refractivity contribution >= 4 is 23.4 Å². The number of nitrogens with one attached hydrogen (secondary N) is 2. The Hall–Kier alpha value is -2.01. The van der Waals surface area contributed by atoms with E-state index in [2.05, 4.69) is 15.7 Å². The molecule has 0 saturated carbocycles. The van der Waals surface area contributed by atoms with Gasteiger partial charge in [0.15, 0.2) is 5.82 Å². The SMILES string of the molecule is Cn1ccc(NC(=O)NCc2ccccc2Cl)n1. The van der Waals surface area contributed by atoms with Gasteiger partial charge in [-0.1, -0.05) is 29.8 Å². The maximum Gasteiger partial charge on any atom is 0.320 e. The van der Waals surface area contributed by atoms with Crippen molar-refractivity contribution in [1.29, 1.82) is 0 Å². The van der Waals surface area contributed by atoms with Gasteiger partial charge in [0.25, 0.3) is 0 Å². The molecule has 0 saturated heterocycles. The highest BCUT2D eigenvalue weighted by atomic mass is 35.5. The number of hydrogen-bond acceptors (Lipinski definition) is 2. The van der Waals surface area contributed by atoms with Gasteiger partial charge in [0, 0.05) is 30.9 Å². The Morgan fingerprint density at radius 3 is 2.83 bits per heavy atom. The van der Waals surface area contributed by atoms with Crippen LogP contribution in [0.4, 0.5) is 10.6 Å². The second kappa shape index (κ2) is 5.55. The molecule has 2 amide bonds. The maximum atomic E-state index is 11.6. The Balaban J connectivity index is 1.87. The van der Waals surface area contributed by atoms with Gasteiger partial charge in [-0.2, -0.15) is 5.10 Å². The zero-order valence-electron chi connectivity index (χ0n) is 9.85. The molecule has 0 spiro atoms. The summed E-state index contributed by atoms with van der Waals surface area (Å²) in [7, 11) is 1.78. The number of carbonyl (C=O) groups excluding carboxylic acids is 1. The minimum atomic E-state index is -0.311. The van der Waals surface area contributed by atoms with Crippen LogP contribution >= 0.6 is 11.6 Å². The van der Waals surface area contributed by atoms with Crippen molar-refractivity contribution in [2.75, 3.05) is 5.32 Å². The van der Waals surface area contributed by atoms with E-state index in [-0.39, 0.29) is 6.03 Å². The van der Waals surface area contributed by atoms with E-state index in [1.54, 1.807) is 30.1 Å². The van der Waals surface area contributed by atoms with Crippen LogP contribution in [0.2, 0.25) is 5.02 Å². The average Bonchev–Trinajstić information content (AvgIpc) is 2.74. The third kappa shape index (κ3) is 3.24. The van der Waals surface area contributed by atoms with Crippen molar-refractivity contribution in [3.63, 3.8) is 0 Å². The zero-order valence-corrected chi connectivity index (χ0v) is 10.6. The van der Waals surface area contributed by atoms with E-state index < -0.39 is 0 Å². The number of rotatable bonds is 3. The number of urea groups is 1. The number of amides is 2. The minimum Gasteiger partial charge on any atom is -0.334 e. The zero-order chi connectivity index (χ0) is 13.0. The molecule has 0 unspecified atom stereocenters. The van der Waals surface area contributed by atoms with Crippen molar-refractivity contribution in [2.45, 2.75) is 6.54 Å². The van der Waals surface area contributed by atoms with Crippen molar-refractivity contribution in [3.05, 3.63) is 47.1 Å². The molecule has 1 aromatic heterocycles. The first-order valence-corrected chi connectivity index (χ1v) is 5.81. The molecule has 94 valence electrons. The van der Waals surface area contributed by atoms with Crippen LogP contribution in [0.5, 0.6) is 0 Å². The molecule has 18 heavy (non-hydrogen) atoms. The number of nitrogens with zero attached hydrogens (tertiary/aromatic N) is 2. The first kappa shape index (κ1) is 12.4. The molecule has 0 aliphatic rings. The standard InChI is InChI=1S/C12H13ClN4O/c1-17-7-6-11(16-17)15-12(18)14-8-9-4-2-3-5-10(9)13/h2-7H,8H2,1H3,(H2,14,15,16,18). The molecule has 1 heterocycles. The molecular weight excluding hydrogens is 252 g/mol. The summed E-state index contributed by atoms with van der Waals surface area (Å²) in [6, 6.07) is 8.78. The highest BCUT2D eigenvalue weighted by molar-refractivity contribution is 6.31. The molecule has 0 aliphatic heterocycles. The molecule has 2 aromatic rings. The summed E-state index contributed by atoms with van der Waals surface area (Å²) in [5.74, 6) is 0.508. The van der Waals surface area contributed by atoms with Crippen LogP contribution in [0.25, 0.3) is 0 Å². The summed E-state index contributed by atoms with van der Waals surface area (Å²) < 4.78 is 1.61. The lowest BCUT2D eigenvalue weighted by molar-refractivity contribution is 0.251. The van der Waals surface area contributed by atoms with Crippen LogP contribution in [0.3, 0.4) is 0 Å². The quantitative estimate of drug-likeness (QED) is 0.894. The fraction of sp³-hybridized carbons (Fsp3) is 0.167. The van der Waals surface area contributed by atoms with Crippen molar-refractivity contribution in [1.82, 2.24) is 15.1 Å². The fourth-order valence-corrected chi connectivity index (χ4v) is 1.66. The Morgan fingerprint density at radius 1 is 1.39 bits per heavy atom. The van der Waals surface area contributed by atoms with Gasteiger partial charge < -0.3 is 5.32 Å². The molecule has 0 aliphatic carbocycles. The number of carbonyl (C=O) groups is 1. The van der Waals surface area contributed by atoms with Crippen molar-refractivity contribution in [2.24, 2.45) is 7.05 Å². The summed E-state index contributed by atoms with van der Waals surface area (Å²) in [6.07, 6.45) is 1.75. The Bertz CT molecular complexity index is 553. The molecule has 0 atom stereocenters. The van der Waals surface area contributed by atoms with Gasteiger partial charge in [0.05, 0.1) is 0 Å². The number of aromatic nitrogens is 2. The van der Waals surface area contributed by atoms with E-state index in [1.165, 1.54) is 0 Å². The van der Waals surface area contributed by atoms with Gasteiger partial charge in [0.2, 0.25) is 0 Å². The lowest BCUT2D eigenvalue weighted by Crippen LogP contribution is -2.28. The van der Waals surface area contributed by atoms with E-state index in [0.29, 0.717) is 17.4 Å². The Morgan fingerprint density at radius 2 is 2.17 bits per heavy atom. The van der Waals surface area contributed by atoms with Gasteiger partial charge in [-0.15, -0.1) is 0 Å². The third-order valence-electron chi connectivity index (χ3n) is 2.35. The van der Waals surface area contributed by atoms with Crippen molar-refractivity contribution in [3.8, 4) is 0 Å². The van der Waals surface area contributed by atoms with E-state index in [1.807, 2.05) is 18.2 Å². The van der Waals surface area contributed by atoms with Gasteiger partial charge in [-0.25, -0.2) is 4.79 Å². The van der Waals surface area contributed by atoms with Gasteiger partial charge >= 0.3 is 6.03 Å². The smallest absolute Gasteiger partial charge is 0.320 e. The normalized spacial score (nSPS) is 10.1. The summed E-state index contributed by atoms with van der Waals surface area (Å²) in [6.45, 7) is 0.373. The first-order chi connectivity index (χ1) is 8.65. The molecule has 0 bridgehead atoms. The molecule has 2 N–H and O–H groups in total. The van der Waals surface area contributed by atoms with Gasteiger partial charge in [0.1, 0.15) is 0 Å². The topological polar surface area (TPSA) is 59.0 Å². The van der Waals surface area contributed by atoms with E-state index in [4.69, 9.17) is 11.6 Å². The van der Waals surface area contributed by atoms with Crippen LogP contribution in [-0.4, -0.2) is 15.8 Å². The summed E-state index contributed by atoms with van der Waals surface area (Å²) in [5.41, 5.74) is 0.871. The summed E-state index contributed by atoms with van der Waals surface area (Å²) in [5, 5.41) is 10.0. The second-order valence-electron chi connectivity index (χ2n) is 3.77. The van der Waals surface area contributed by atoms with Crippen LogP contribution in [0, 0.1) is 0 Å². The van der Waals surface area contributed by atoms with E-state index in [9.17, 15) is 4.79 Å². The molecular formula is C12H13ClN4O. The highest BCUT2D eigenvalue weighted by Gasteiger charge is 2.05. The van der Waals surface area contributed by atoms with Crippen LogP contribution in [0.1, 0.15) is 5.56 Å². The van der Waals surface area contributed by atoms with Gasteiger partial charge in [-0.3, -0.25) is 10.00 Å². The molecule has 6 heteroatoms. The number of benzene rings is 1. The number of halogens is 1. The predicted octanol–water partition coefficient (Wildman–Crippen LogP) is 2.40. The lowest BCUT2D eigenvalue weighted by atomic mass is 10.2. The Kier molecular flexibility index (Phi) is 3.84. The Labute approximate surface area is 110 Å². The molecule has 2 rings (SSSR count). The highest BCUT2D eigenvalue weighted by Crippen LogP contribution is 2.14. The van der Waals surface area contributed by atoms with Crippen LogP contribution in [-0.2, 0) is 13.6 Å². The second-order valence-corrected chi connectivity index (χ2v) is 4.18. The number of anilines is 1. The fourth-order valence-electron chi connectivity index (χ4n) is 1.46. The lowest BCUT2D eigenvalue weighted by Gasteiger charge is -2.06. The van der Waals surface area contributed by atoms with Crippen molar-refractivity contribution < 1.29 is 4.79 Å². The van der Waals surface area contributed by atoms with Crippen LogP contribution in [0.15, 0.2) is 36.5 Å². The number of aryl methyl sites for hydroxylation is 1. The monoisotopic (exact) mass is 264 g/mol. The molecule has 5 nitrogen and oxygen atoms in total. The number of hydrogen-bond donors (Lipinski definition) is 2. The van der Waals surface area contributed by atoms with E-state index in [0.717, 1.165) is 5.56 Å². The summed E-state index contributed by atoms with van der Waals surface area (Å²) >= 11 is 5.98. The van der Waals surface area contributed by atoms with Gasteiger partial charge in [-0.05, 0) is 11.6 Å². The molecule has 1 aromatic carbocycles. The predicted molar refractivity (Wildman–Crippen MR) is 70.5 cm³/mol. The molecule has 0 radical (unpaired) electrons. The van der Waals surface area contributed by atoms with Crippen LogP contribution < -0.4 is 10.6 Å². The maximum absolute atomic E-state index is 11.6.